The number of hydrogen-bond acceptors (Lipinski definition) is 2. The molecule has 0 aromatic carbocycles. The Morgan fingerprint density at radius 2 is 1.88 bits per heavy atom. The van der Waals surface area contributed by atoms with Crippen LogP contribution < -0.4 is 5.73 Å². The number of aromatic nitrogens is 2. The summed E-state index contributed by atoms with van der Waals surface area (Å²) in [6, 6.07) is 0.202. The van der Waals surface area contributed by atoms with Crippen LogP contribution in [0.2, 0.25) is 0 Å². The van der Waals surface area contributed by atoms with Gasteiger partial charge in [0.15, 0.2) is 0 Å². The van der Waals surface area contributed by atoms with Crippen LogP contribution >= 0.6 is 0 Å². The molecule has 2 N–H and O–H groups in total. The molecule has 0 saturated heterocycles. The molecule has 0 aliphatic carbocycles. The molecule has 1 heterocycles. The lowest BCUT2D eigenvalue weighted by Gasteiger charge is -2.18. The third kappa shape index (κ3) is 4.15. The summed E-state index contributed by atoms with van der Waals surface area (Å²) in [6.07, 6.45) is 2.07. The van der Waals surface area contributed by atoms with Gasteiger partial charge in [-0.25, -0.2) is 0 Å². The van der Waals surface area contributed by atoms with Crippen molar-refractivity contribution in [3.05, 3.63) is 17.0 Å². The molecule has 1 atom stereocenters. The predicted octanol–water partition coefficient (Wildman–Crippen LogP) is 2.83. The van der Waals surface area contributed by atoms with Crippen molar-refractivity contribution in [2.24, 2.45) is 11.1 Å². The van der Waals surface area contributed by atoms with Gasteiger partial charge in [-0.05, 0) is 44.6 Å². The summed E-state index contributed by atoms with van der Waals surface area (Å²) in [5.41, 5.74) is 9.97. The van der Waals surface area contributed by atoms with Gasteiger partial charge in [0.2, 0.25) is 0 Å². The highest BCUT2D eigenvalue weighted by molar-refractivity contribution is 5.25. The van der Waals surface area contributed by atoms with E-state index >= 15 is 0 Å². The Kier molecular flexibility index (Phi) is 4.36. The molecule has 1 aromatic heterocycles. The van der Waals surface area contributed by atoms with Crippen LogP contribution in [0.4, 0.5) is 0 Å². The van der Waals surface area contributed by atoms with Crippen molar-refractivity contribution in [3.63, 3.8) is 0 Å². The van der Waals surface area contributed by atoms with E-state index in [0.29, 0.717) is 5.41 Å². The first kappa shape index (κ1) is 14.2. The topological polar surface area (TPSA) is 43.8 Å². The maximum absolute atomic E-state index is 5.88. The van der Waals surface area contributed by atoms with Crippen molar-refractivity contribution < 1.29 is 0 Å². The zero-order valence-electron chi connectivity index (χ0n) is 12.2. The van der Waals surface area contributed by atoms with Gasteiger partial charge in [0, 0.05) is 18.3 Å². The Balaban J connectivity index is 2.81. The van der Waals surface area contributed by atoms with Crippen molar-refractivity contribution in [3.8, 4) is 0 Å². The van der Waals surface area contributed by atoms with E-state index in [1.54, 1.807) is 0 Å². The number of rotatable bonds is 4. The highest BCUT2D eigenvalue weighted by atomic mass is 15.3. The van der Waals surface area contributed by atoms with Gasteiger partial charge in [-0.2, -0.15) is 5.10 Å². The van der Waals surface area contributed by atoms with Crippen molar-refractivity contribution in [2.45, 2.75) is 67.0 Å². The lowest BCUT2D eigenvalue weighted by molar-refractivity contribution is 0.338. The van der Waals surface area contributed by atoms with Gasteiger partial charge >= 0.3 is 0 Å². The van der Waals surface area contributed by atoms with Gasteiger partial charge in [-0.1, -0.05) is 20.8 Å². The summed E-state index contributed by atoms with van der Waals surface area (Å²) in [5, 5.41) is 4.63. The zero-order chi connectivity index (χ0) is 13.2. The van der Waals surface area contributed by atoms with Crippen molar-refractivity contribution in [2.75, 3.05) is 0 Å². The molecule has 0 spiro atoms. The quantitative estimate of drug-likeness (QED) is 0.875. The molecule has 0 saturated carbocycles. The number of aryl methyl sites for hydroxylation is 2. The first-order valence-corrected chi connectivity index (χ1v) is 6.49. The third-order valence-electron chi connectivity index (χ3n) is 3.13. The van der Waals surface area contributed by atoms with E-state index in [0.717, 1.165) is 25.1 Å². The molecule has 1 rings (SSSR count). The zero-order valence-corrected chi connectivity index (χ0v) is 12.2. The summed E-state index contributed by atoms with van der Waals surface area (Å²) in [6.45, 7) is 14.1. The lowest BCUT2D eigenvalue weighted by atomic mass is 9.92. The number of nitrogens with zero attached hydrogens (tertiary/aromatic N) is 2. The molecule has 98 valence electrons. The summed E-state index contributed by atoms with van der Waals surface area (Å²) >= 11 is 0. The van der Waals surface area contributed by atoms with Crippen LogP contribution in [0.1, 0.15) is 51.1 Å². The molecule has 0 fully saturated rings. The van der Waals surface area contributed by atoms with Gasteiger partial charge in [-0.3, -0.25) is 4.68 Å². The highest BCUT2D eigenvalue weighted by Gasteiger charge is 2.15. The van der Waals surface area contributed by atoms with Crippen LogP contribution in [0, 0.1) is 19.3 Å². The van der Waals surface area contributed by atoms with Crippen LogP contribution in [0.5, 0.6) is 0 Å². The molecular formula is C14H27N3. The Morgan fingerprint density at radius 1 is 1.29 bits per heavy atom. The molecule has 0 radical (unpaired) electrons. The van der Waals surface area contributed by atoms with Gasteiger partial charge in [0.05, 0.1) is 5.69 Å². The monoisotopic (exact) mass is 237 g/mol. The largest absolute Gasteiger partial charge is 0.328 e. The van der Waals surface area contributed by atoms with E-state index in [4.69, 9.17) is 5.73 Å². The summed E-state index contributed by atoms with van der Waals surface area (Å²) < 4.78 is 2.14. The molecule has 17 heavy (non-hydrogen) atoms. The molecule has 3 heteroatoms. The number of nitrogens with two attached hydrogens (primary N) is 1. The Hall–Kier alpha value is -0.830. The van der Waals surface area contributed by atoms with Crippen molar-refractivity contribution in [1.29, 1.82) is 0 Å². The molecule has 0 aliphatic heterocycles. The van der Waals surface area contributed by atoms with E-state index in [9.17, 15) is 0 Å². The molecule has 1 aromatic rings. The molecule has 3 nitrogen and oxygen atoms in total. The molecule has 0 aliphatic rings. The fourth-order valence-electron chi connectivity index (χ4n) is 2.01. The van der Waals surface area contributed by atoms with Crippen LogP contribution in [-0.4, -0.2) is 15.8 Å². The molecule has 0 amide bonds. The van der Waals surface area contributed by atoms with E-state index < -0.39 is 0 Å². The second kappa shape index (κ2) is 5.21. The molecule has 1 unspecified atom stereocenters. The second-order valence-corrected chi connectivity index (χ2v) is 6.36. The van der Waals surface area contributed by atoms with Crippen LogP contribution in [0.3, 0.4) is 0 Å². The normalized spacial score (nSPS) is 14.1. The van der Waals surface area contributed by atoms with E-state index in [-0.39, 0.29) is 6.04 Å². The second-order valence-electron chi connectivity index (χ2n) is 6.36. The predicted molar refractivity (Wildman–Crippen MR) is 73.1 cm³/mol. The Morgan fingerprint density at radius 3 is 2.35 bits per heavy atom. The lowest BCUT2D eigenvalue weighted by Crippen LogP contribution is -2.18. The first-order chi connectivity index (χ1) is 7.70. The number of hydrogen-bond donors (Lipinski definition) is 1. The van der Waals surface area contributed by atoms with Crippen LogP contribution in [0.25, 0.3) is 0 Å². The van der Waals surface area contributed by atoms with Gasteiger partial charge in [-0.15, -0.1) is 0 Å². The molecular weight excluding hydrogens is 210 g/mol. The third-order valence-corrected chi connectivity index (χ3v) is 3.13. The van der Waals surface area contributed by atoms with Crippen molar-refractivity contribution >= 4 is 0 Å². The SMILES string of the molecule is Cc1nn(CCC(C)(C)C)c(C)c1CC(C)N. The fraction of sp³-hybridized carbons (Fsp3) is 0.786. The minimum Gasteiger partial charge on any atom is -0.328 e. The van der Waals surface area contributed by atoms with Gasteiger partial charge in [0.25, 0.3) is 0 Å². The average molecular weight is 237 g/mol. The Labute approximate surface area is 105 Å². The fourth-order valence-corrected chi connectivity index (χ4v) is 2.01. The minimum atomic E-state index is 0.202. The summed E-state index contributed by atoms with van der Waals surface area (Å²) in [5.74, 6) is 0. The summed E-state index contributed by atoms with van der Waals surface area (Å²) in [7, 11) is 0. The van der Waals surface area contributed by atoms with Crippen molar-refractivity contribution in [1.82, 2.24) is 9.78 Å². The highest BCUT2D eigenvalue weighted by Crippen LogP contribution is 2.21. The van der Waals surface area contributed by atoms with Gasteiger partial charge in [0.1, 0.15) is 0 Å². The maximum atomic E-state index is 5.88. The van der Waals surface area contributed by atoms with Crippen LogP contribution in [0.15, 0.2) is 0 Å². The van der Waals surface area contributed by atoms with E-state index in [2.05, 4.69) is 44.4 Å². The van der Waals surface area contributed by atoms with E-state index in [1.165, 1.54) is 11.3 Å². The standard InChI is InChI=1S/C14H27N3/c1-10(15)9-13-11(2)16-17(12(13)3)8-7-14(4,5)6/h10H,7-9,15H2,1-6H3. The van der Waals surface area contributed by atoms with E-state index in [1.807, 2.05) is 6.92 Å². The minimum absolute atomic E-state index is 0.202. The smallest absolute Gasteiger partial charge is 0.0629 e. The Bertz CT molecular complexity index is 370. The van der Waals surface area contributed by atoms with Crippen LogP contribution in [-0.2, 0) is 13.0 Å². The average Bonchev–Trinajstić information content (AvgIpc) is 2.41. The van der Waals surface area contributed by atoms with Gasteiger partial charge < -0.3 is 5.73 Å². The first-order valence-electron chi connectivity index (χ1n) is 6.49. The maximum Gasteiger partial charge on any atom is 0.0629 e. The molecule has 0 bridgehead atoms. The summed E-state index contributed by atoms with van der Waals surface area (Å²) in [4.78, 5) is 0.